The van der Waals surface area contributed by atoms with Gasteiger partial charge in [-0.1, -0.05) is 83.6 Å². The summed E-state index contributed by atoms with van der Waals surface area (Å²) >= 11 is 0. The average Bonchev–Trinajstić information content (AvgIpc) is 2.45. The van der Waals surface area contributed by atoms with E-state index in [4.69, 9.17) is 0 Å². The maximum atomic E-state index is 3.61. The third kappa shape index (κ3) is 9.44. The van der Waals surface area contributed by atoms with Gasteiger partial charge in [-0.3, -0.25) is 0 Å². The minimum atomic E-state index is 0.763. The Labute approximate surface area is 127 Å². The minimum absolute atomic E-state index is 0.763. The van der Waals surface area contributed by atoms with Crippen LogP contribution in [0.25, 0.3) is 0 Å². The van der Waals surface area contributed by atoms with E-state index in [-0.39, 0.29) is 0 Å². The summed E-state index contributed by atoms with van der Waals surface area (Å²) in [6.45, 7) is 4.49. The normalized spacial score (nSPS) is 18.7. The van der Waals surface area contributed by atoms with Crippen molar-refractivity contribution < 1.29 is 0 Å². The molecule has 1 nitrogen and oxygen atoms in total. The maximum absolute atomic E-state index is 3.61. The van der Waals surface area contributed by atoms with Crippen LogP contribution in [0.2, 0.25) is 0 Å². The summed E-state index contributed by atoms with van der Waals surface area (Å²) < 4.78 is 0. The highest BCUT2D eigenvalue weighted by Crippen LogP contribution is 2.16. The van der Waals surface area contributed by atoms with Crippen molar-refractivity contribution in [1.29, 1.82) is 0 Å². The van der Waals surface area contributed by atoms with Crippen molar-refractivity contribution >= 4 is 0 Å². The molecule has 1 atom stereocenters. The molecule has 0 bridgehead atoms. The molecule has 0 aliphatic carbocycles. The highest BCUT2D eigenvalue weighted by molar-refractivity contribution is 5.01. The van der Waals surface area contributed by atoms with E-state index in [1.165, 1.54) is 95.6 Å². The standard InChI is InChI=1S/C19H37N/c1-3-4-5-6-7-8-9-10-11-12-13-16-19-17-14-15-18(2)20-19/h15,19-20H,3-14,16-17H2,1-2H3. The zero-order valence-electron chi connectivity index (χ0n) is 14.1. The number of hydrogen-bond acceptors (Lipinski definition) is 1. The molecule has 0 radical (unpaired) electrons. The van der Waals surface area contributed by atoms with Crippen LogP contribution in [0.3, 0.4) is 0 Å². The van der Waals surface area contributed by atoms with E-state index in [9.17, 15) is 0 Å². The molecule has 1 heterocycles. The van der Waals surface area contributed by atoms with Crippen molar-refractivity contribution in [2.45, 2.75) is 110 Å². The summed E-state index contributed by atoms with van der Waals surface area (Å²) in [4.78, 5) is 0. The first-order valence-electron chi connectivity index (χ1n) is 9.26. The molecule has 0 aromatic carbocycles. The van der Waals surface area contributed by atoms with Crippen LogP contribution in [-0.2, 0) is 0 Å². The van der Waals surface area contributed by atoms with Gasteiger partial charge in [-0.2, -0.15) is 0 Å². The second-order valence-corrected chi connectivity index (χ2v) is 6.63. The van der Waals surface area contributed by atoms with Crippen LogP contribution in [0, 0.1) is 0 Å². The van der Waals surface area contributed by atoms with Crippen LogP contribution in [0.5, 0.6) is 0 Å². The second-order valence-electron chi connectivity index (χ2n) is 6.63. The zero-order valence-corrected chi connectivity index (χ0v) is 14.1. The molecule has 0 amide bonds. The van der Waals surface area contributed by atoms with Gasteiger partial charge in [0.25, 0.3) is 0 Å². The second kappa shape index (κ2) is 12.3. The van der Waals surface area contributed by atoms with Crippen molar-refractivity contribution in [1.82, 2.24) is 5.32 Å². The molecule has 1 N–H and O–H groups in total. The summed E-state index contributed by atoms with van der Waals surface area (Å²) in [7, 11) is 0. The Kier molecular flexibility index (Phi) is 10.8. The van der Waals surface area contributed by atoms with Crippen LogP contribution < -0.4 is 5.32 Å². The van der Waals surface area contributed by atoms with Gasteiger partial charge >= 0.3 is 0 Å². The highest BCUT2D eigenvalue weighted by atomic mass is 14.9. The Morgan fingerprint density at radius 2 is 1.45 bits per heavy atom. The van der Waals surface area contributed by atoms with E-state index in [2.05, 4.69) is 25.2 Å². The third-order valence-corrected chi connectivity index (χ3v) is 4.55. The lowest BCUT2D eigenvalue weighted by Crippen LogP contribution is -2.30. The maximum Gasteiger partial charge on any atom is 0.0261 e. The van der Waals surface area contributed by atoms with Gasteiger partial charge in [-0.15, -0.1) is 0 Å². The van der Waals surface area contributed by atoms with E-state index < -0.39 is 0 Å². The lowest BCUT2D eigenvalue weighted by molar-refractivity contribution is 0.446. The number of rotatable bonds is 12. The molecule has 1 rings (SSSR count). The van der Waals surface area contributed by atoms with E-state index >= 15 is 0 Å². The minimum Gasteiger partial charge on any atom is -0.386 e. The molecule has 1 unspecified atom stereocenters. The Balaban J connectivity index is 1.78. The van der Waals surface area contributed by atoms with Crippen molar-refractivity contribution in [2.24, 2.45) is 0 Å². The molecular formula is C19H37N. The van der Waals surface area contributed by atoms with Crippen LogP contribution in [0.1, 0.15) is 104 Å². The topological polar surface area (TPSA) is 12.0 Å². The number of hydrogen-bond donors (Lipinski definition) is 1. The molecule has 0 saturated carbocycles. The van der Waals surface area contributed by atoms with Gasteiger partial charge in [-0.25, -0.2) is 0 Å². The Morgan fingerprint density at radius 3 is 2.00 bits per heavy atom. The van der Waals surface area contributed by atoms with Gasteiger partial charge < -0.3 is 5.32 Å². The largest absolute Gasteiger partial charge is 0.386 e. The molecule has 0 spiro atoms. The molecule has 0 aromatic rings. The average molecular weight is 280 g/mol. The summed E-state index contributed by atoms with van der Waals surface area (Å²) in [6.07, 6.45) is 22.2. The molecule has 118 valence electrons. The Bertz CT molecular complexity index is 244. The first kappa shape index (κ1) is 17.6. The van der Waals surface area contributed by atoms with E-state index in [1.807, 2.05) is 0 Å². The fraction of sp³-hybridized carbons (Fsp3) is 0.895. The van der Waals surface area contributed by atoms with Crippen LogP contribution in [-0.4, -0.2) is 6.04 Å². The molecule has 1 heteroatoms. The van der Waals surface area contributed by atoms with E-state index in [0.29, 0.717) is 0 Å². The molecule has 0 fully saturated rings. The predicted molar refractivity (Wildman–Crippen MR) is 91.0 cm³/mol. The lowest BCUT2D eigenvalue weighted by atomic mass is 9.99. The molecular weight excluding hydrogens is 242 g/mol. The molecule has 1 aliphatic rings. The summed E-state index contributed by atoms with van der Waals surface area (Å²) in [6, 6.07) is 0.763. The van der Waals surface area contributed by atoms with Crippen molar-refractivity contribution in [3.63, 3.8) is 0 Å². The molecule has 20 heavy (non-hydrogen) atoms. The number of allylic oxidation sites excluding steroid dienone is 2. The van der Waals surface area contributed by atoms with Crippen molar-refractivity contribution in [3.05, 3.63) is 11.8 Å². The summed E-state index contributed by atoms with van der Waals surface area (Å²) in [5, 5.41) is 3.61. The van der Waals surface area contributed by atoms with Gasteiger partial charge in [0.2, 0.25) is 0 Å². The first-order chi connectivity index (χ1) is 9.83. The Hall–Kier alpha value is -0.460. The van der Waals surface area contributed by atoms with Gasteiger partial charge in [0.1, 0.15) is 0 Å². The van der Waals surface area contributed by atoms with Crippen LogP contribution in [0.15, 0.2) is 11.8 Å². The smallest absolute Gasteiger partial charge is 0.0261 e. The van der Waals surface area contributed by atoms with E-state index in [1.54, 1.807) is 0 Å². The third-order valence-electron chi connectivity index (χ3n) is 4.55. The van der Waals surface area contributed by atoms with Gasteiger partial charge in [0, 0.05) is 11.7 Å². The zero-order chi connectivity index (χ0) is 14.5. The molecule has 1 aliphatic heterocycles. The van der Waals surface area contributed by atoms with Gasteiger partial charge in [0.05, 0.1) is 0 Å². The Morgan fingerprint density at radius 1 is 0.900 bits per heavy atom. The summed E-state index contributed by atoms with van der Waals surface area (Å²) in [5.74, 6) is 0. The number of unbranched alkanes of at least 4 members (excludes halogenated alkanes) is 10. The fourth-order valence-electron chi connectivity index (χ4n) is 3.23. The molecule has 0 aromatic heterocycles. The van der Waals surface area contributed by atoms with Gasteiger partial charge in [0.15, 0.2) is 0 Å². The first-order valence-corrected chi connectivity index (χ1v) is 9.26. The fourth-order valence-corrected chi connectivity index (χ4v) is 3.23. The number of nitrogens with one attached hydrogen (secondary N) is 1. The van der Waals surface area contributed by atoms with Gasteiger partial charge in [-0.05, 0) is 26.2 Å². The lowest BCUT2D eigenvalue weighted by Gasteiger charge is -2.23. The highest BCUT2D eigenvalue weighted by Gasteiger charge is 2.10. The summed E-state index contributed by atoms with van der Waals surface area (Å²) in [5.41, 5.74) is 1.39. The SMILES string of the molecule is CCCCCCCCCCCCCC1CCC=C(C)N1. The van der Waals surface area contributed by atoms with E-state index in [0.717, 1.165) is 6.04 Å². The molecule has 0 saturated heterocycles. The predicted octanol–water partition coefficient (Wildman–Crippen LogP) is 6.34. The monoisotopic (exact) mass is 279 g/mol. The van der Waals surface area contributed by atoms with Crippen molar-refractivity contribution in [3.8, 4) is 0 Å². The quantitative estimate of drug-likeness (QED) is 0.411. The van der Waals surface area contributed by atoms with Crippen molar-refractivity contribution in [2.75, 3.05) is 0 Å². The van der Waals surface area contributed by atoms with Crippen LogP contribution >= 0.6 is 0 Å². The van der Waals surface area contributed by atoms with Crippen LogP contribution in [0.4, 0.5) is 0 Å².